The second-order valence-corrected chi connectivity index (χ2v) is 12.1. The van der Waals surface area contributed by atoms with E-state index in [9.17, 15) is 31.5 Å². The predicted octanol–water partition coefficient (Wildman–Crippen LogP) is 6.92. The summed E-state index contributed by atoms with van der Waals surface area (Å²) < 4.78 is 70.2. The number of amides is 2. The minimum atomic E-state index is -4.30. The molecule has 238 valence electrons. The number of aromatic nitrogens is 3. The number of H-pyrrole nitrogens is 1. The lowest BCUT2D eigenvalue weighted by Gasteiger charge is -2.30. The summed E-state index contributed by atoms with van der Waals surface area (Å²) in [6.07, 6.45) is -5.55. The third-order valence-electron chi connectivity index (χ3n) is 7.96. The number of benzene rings is 1. The van der Waals surface area contributed by atoms with Crippen molar-refractivity contribution < 1.29 is 36.3 Å². The van der Waals surface area contributed by atoms with Gasteiger partial charge in [0.05, 0.1) is 27.2 Å². The van der Waals surface area contributed by atoms with E-state index in [4.69, 9.17) is 27.9 Å². The molecule has 5 rings (SSSR count). The Morgan fingerprint density at radius 2 is 1.84 bits per heavy atom. The molecule has 2 aliphatic carbocycles. The van der Waals surface area contributed by atoms with Gasteiger partial charge in [0, 0.05) is 18.0 Å². The standard InChI is InChI=1S/C28H29Cl2F5N6O3/c1-27(8-9-27)25(43)36-11-13-2-7-17(29)21(20(13)30)39-26-38-18-10-16(24(40-22(18)41-26)44-12-19(31)32)23(42)37-15-5-3-14(4-6-15)28(33,34)35/h2,7,10,14-15,19H,3-6,8-9,11-12H2,1H3,(H,36,43)(H,37,42)(H2,38,39,40,41). The van der Waals surface area contributed by atoms with Crippen LogP contribution in [0.25, 0.3) is 11.2 Å². The largest absolute Gasteiger partial charge is 0.471 e. The topological polar surface area (TPSA) is 121 Å². The number of halogens is 7. The summed E-state index contributed by atoms with van der Waals surface area (Å²) in [6.45, 7) is 1.01. The van der Waals surface area contributed by atoms with E-state index < -0.39 is 43.0 Å². The Hall–Kier alpha value is -3.39. The summed E-state index contributed by atoms with van der Waals surface area (Å²) in [5, 5.41) is 8.98. The lowest BCUT2D eigenvalue weighted by Crippen LogP contribution is -2.40. The number of fused-ring (bicyclic) bond motifs is 1. The Kier molecular flexibility index (Phi) is 9.13. The number of carbonyl (C=O) groups is 2. The Bertz CT molecular complexity index is 1550. The van der Waals surface area contributed by atoms with Gasteiger partial charge in [-0.3, -0.25) is 9.59 Å². The molecule has 16 heteroatoms. The second-order valence-electron chi connectivity index (χ2n) is 11.3. The minimum absolute atomic E-state index is 0.0207. The van der Waals surface area contributed by atoms with Crippen molar-refractivity contribution >= 4 is 57.8 Å². The maximum Gasteiger partial charge on any atom is 0.391 e. The molecule has 0 atom stereocenters. The van der Waals surface area contributed by atoms with Crippen LogP contribution in [0.15, 0.2) is 18.2 Å². The number of aromatic amines is 1. The van der Waals surface area contributed by atoms with Crippen molar-refractivity contribution in [3.05, 3.63) is 39.4 Å². The number of carbonyl (C=O) groups excluding carboxylic acids is 2. The van der Waals surface area contributed by atoms with Crippen LogP contribution in [0.3, 0.4) is 0 Å². The van der Waals surface area contributed by atoms with E-state index >= 15 is 0 Å². The smallest absolute Gasteiger partial charge is 0.391 e. The molecule has 0 bridgehead atoms. The summed E-state index contributed by atoms with van der Waals surface area (Å²) in [5.41, 5.74) is 0.573. The van der Waals surface area contributed by atoms with Crippen molar-refractivity contribution in [2.75, 3.05) is 11.9 Å². The van der Waals surface area contributed by atoms with Crippen molar-refractivity contribution in [3.63, 3.8) is 0 Å². The lowest BCUT2D eigenvalue weighted by molar-refractivity contribution is -0.182. The Morgan fingerprint density at radius 1 is 1.14 bits per heavy atom. The number of anilines is 2. The first-order valence-electron chi connectivity index (χ1n) is 13.9. The van der Waals surface area contributed by atoms with Crippen LogP contribution in [0, 0.1) is 11.3 Å². The molecule has 2 aromatic heterocycles. The van der Waals surface area contributed by atoms with E-state index in [2.05, 4.69) is 30.9 Å². The van der Waals surface area contributed by atoms with Crippen molar-refractivity contribution in [1.82, 2.24) is 25.6 Å². The zero-order chi connectivity index (χ0) is 31.8. The highest BCUT2D eigenvalue weighted by atomic mass is 35.5. The highest BCUT2D eigenvalue weighted by Gasteiger charge is 2.44. The summed E-state index contributed by atoms with van der Waals surface area (Å²) in [6, 6.07) is 4.05. The first-order chi connectivity index (χ1) is 20.7. The maximum atomic E-state index is 13.1. The molecule has 3 aromatic rings. The number of nitrogens with zero attached hydrogens (tertiary/aromatic N) is 2. The molecule has 44 heavy (non-hydrogen) atoms. The van der Waals surface area contributed by atoms with Crippen LogP contribution in [-0.2, 0) is 11.3 Å². The van der Waals surface area contributed by atoms with Crippen molar-refractivity contribution in [2.24, 2.45) is 11.3 Å². The molecule has 0 spiro atoms. The highest BCUT2D eigenvalue weighted by Crippen LogP contribution is 2.45. The van der Waals surface area contributed by atoms with Crippen LogP contribution >= 0.6 is 23.2 Å². The van der Waals surface area contributed by atoms with Crippen molar-refractivity contribution in [2.45, 2.75) is 70.6 Å². The molecule has 2 aliphatic rings. The van der Waals surface area contributed by atoms with Gasteiger partial charge in [-0.15, -0.1) is 0 Å². The van der Waals surface area contributed by atoms with Crippen molar-refractivity contribution in [3.8, 4) is 5.88 Å². The van der Waals surface area contributed by atoms with Gasteiger partial charge in [-0.25, -0.2) is 8.78 Å². The zero-order valence-corrected chi connectivity index (χ0v) is 24.9. The maximum absolute atomic E-state index is 13.1. The van der Waals surface area contributed by atoms with Gasteiger partial charge >= 0.3 is 6.18 Å². The molecule has 2 amide bonds. The predicted molar refractivity (Wildman–Crippen MR) is 154 cm³/mol. The molecule has 0 aliphatic heterocycles. The Morgan fingerprint density at radius 3 is 2.48 bits per heavy atom. The van der Waals surface area contributed by atoms with Crippen LogP contribution in [0.2, 0.25) is 10.0 Å². The highest BCUT2D eigenvalue weighted by molar-refractivity contribution is 6.39. The molecule has 2 fully saturated rings. The van der Waals surface area contributed by atoms with Gasteiger partial charge in [0.1, 0.15) is 5.56 Å². The van der Waals surface area contributed by atoms with Crippen LogP contribution in [0.1, 0.15) is 61.4 Å². The third-order valence-corrected chi connectivity index (χ3v) is 8.70. The first-order valence-corrected chi connectivity index (χ1v) is 14.7. The molecule has 0 radical (unpaired) electrons. The second kappa shape index (κ2) is 12.5. The van der Waals surface area contributed by atoms with Gasteiger partial charge < -0.3 is 25.7 Å². The Balaban J connectivity index is 1.35. The molecule has 0 unspecified atom stereocenters. The summed E-state index contributed by atoms with van der Waals surface area (Å²) in [5.74, 6) is -2.53. The number of rotatable bonds is 10. The van der Waals surface area contributed by atoms with Gasteiger partial charge in [0.2, 0.25) is 17.7 Å². The van der Waals surface area contributed by atoms with E-state index in [0.29, 0.717) is 5.56 Å². The zero-order valence-electron chi connectivity index (χ0n) is 23.4. The first kappa shape index (κ1) is 32.0. The number of hydrogen-bond donors (Lipinski definition) is 4. The number of ether oxygens (including phenoxy) is 1. The summed E-state index contributed by atoms with van der Waals surface area (Å²) >= 11 is 13.0. The molecule has 1 aromatic carbocycles. The van der Waals surface area contributed by atoms with Crippen LogP contribution < -0.4 is 20.7 Å². The number of imidazole rings is 1. The van der Waals surface area contributed by atoms with E-state index in [0.717, 1.165) is 12.8 Å². The lowest BCUT2D eigenvalue weighted by atomic mass is 9.85. The van der Waals surface area contributed by atoms with Crippen LogP contribution in [0.5, 0.6) is 5.88 Å². The molecule has 9 nitrogen and oxygen atoms in total. The number of alkyl halides is 5. The quantitative estimate of drug-likeness (QED) is 0.175. The molecular formula is C28H29Cl2F5N6O3. The van der Waals surface area contributed by atoms with Crippen LogP contribution in [-0.4, -0.2) is 52.0 Å². The number of hydrogen-bond acceptors (Lipinski definition) is 6. The molecule has 2 heterocycles. The molecule has 0 saturated heterocycles. The average Bonchev–Trinajstić information content (AvgIpc) is 3.59. The minimum Gasteiger partial charge on any atom is -0.471 e. The SMILES string of the molecule is CC1(C(=O)NCc2ccc(Cl)c(Nc3nc4nc(OCC(F)F)c(C(=O)NC5CCC(C(F)(F)F)CC5)cc4[nH]3)c2Cl)CC1. The number of pyridine rings is 1. The summed E-state index contributed by atoms with van der Waals surface area (Å²) in [7, 11) is 0. The fraction of sp³-hybridized carbons (Fsp3) is 0.500. The van der Waals surface area contributed by atoms with Gasteiger partial charge in [-0.05, 0) is 56.2 Å². The molecular weight excluding hydrogens is 634 g/mol. The normalized spacial score (nSPS) is 19.6. The van der Waals surface area contributed by atoms with E-state index in [-0.39, 0.29) is 82.0 Å². The summed E-state index contributed by atoms with van der Waals surface area (Å²) in [4.78, 5) is 36.9. The number of nitrogens with one attached hydrogen (secondary N) is 4. The molecule has 4 N–H and O–H groups in total. The van der Waals surface area contributed by atoms with Crippen molar-refractivity contribution in [1.29, 1.82) is 0 Å². The van der Waals surface area contributed by atoms with E-state index in [1.807, 2.05) is 6.92 Å². The van der Waals surface area contributed by atoms with Gasteiger partial charge in [-0.2, -0.15) is 23.1 Å². The van der Waals surface area contributed by atoms with Gasteiger partial charge in [0.25, 0.3) is 12.3 Å². The average molecular weight is 663 g/mol. The van der Waals surface area contributed by atoms with Gasteiger partial charge in [-0.1, -0.05) is 36.2 Å². The van der Waals surface area contributed by atoms with Crippen LogP contribution in [0.4, 0.5) is 33.6 Å². The monoisotopic (exact) mass is 662 g/mol. The third kappa shape index (κ3) is 7.28. The van der Waals surface area contributed by atoms with E-state index in [1.165, 1.54) is 6.07 Å². The van der Waals surface area contributed by atoms with Gasteiger partial charge in [0.15, 0.2) is 12.3 Å². The molecule has 2 saturated carbocycles. The fourth-order valence-electron chi connectivity index (χ4n) is 5.00. The fourth-order valence-corrected chi connectivity index (χ4v) is 5.53. The van der Waals surface area contributed by atoms with E-state index in [1.54, 1.807) is 12.1 Å². The Labute approximate surface area is 258 Å².